The first-order valence-corrected chi connectivity index (χ1v) is 7.45. The molecule has 0 radical (unpaired) electrons. The van der Waals surface area contributed by atoms with E-state index < -0.39 is 0 Å². The van der Waals surface area contributed by atoms with Crippen LogP contribution in [0.3, 0.4) is 0 Å². The van der Waals surface area contributed by atoms with Crippen LogP contribution in [0.4, 0.5) is 0 Å². The van der Waals surface area contributed by atoms with Crippen LogP contribution in [0.25, 0.3) is 0 Å². The lowest BCUT2D eigenvalue weighted by atomic mass is 10.2. The van der Waals surface area contributed by atoms with Gasteiger partial charge in [0.1, 0.15) is 11.5 Å². The summed E-state index contributed by atoms with van der Waals surface area (Å²) in [6.45, 7) is 0. The fourth-order valence-electron chi connectivity index (χ4n) is 1.55. The number of halogens is 4. The summed E-state index contributed by atoms with van der Waals surface area (Å²) in [5, 5.41) is 12.7. The highest BCUT2D eigenvalue weighted by Gasteiger charge is 2.13. The molecule has 0 saturated carbocycles. The Kier molecular flexibility index (Phi) is 5.22. The first-order chi connectivity index (χ1) is 9.92. The van der Waals surface area contributed by atoms with Crippen LogP contribution >= 0.6 is 50.7 Å². The molecule has 2 rings (SSSR count). The third-order valence-electron chi connectivity index (χ3n) is 2.52. The fourth-order valence-corrected chi connectivity index (χ4v) is 2.48. The number of ether oxygens (including phenoxy) is 1. The molecule has 0 bridgehead atoms. The van der Waals surface area contributed by atoms with Crippen LogP contribution in [-0.4, -0.2) is 11.0 Å². The molecule has 0 aliphatic carbocycles. The molecule has 0 aliphatic rings. The summed E-state index contributed by atoms with van der Waals surface area (Å²) < 4.78 is 6.43. The second-order valence-electron chi connectivity index (χ2n) is 3.92. The number of benzene rings is 2. The molecule has 0 atom stereocenters. The van der Waals surface area contributed by atoms with Gasteiger partial charge in [-0.2, -0.15) is 0 Å². The molecule has 110 valence electrons. The van der Waals surface area contributed by atoms with Crippen molar-refractivity contribution >= 4 is 56.6 Å². The number of nitrogens with zero attached hydrogens (tertiary/aromatic N) is 1. The van der Waals surface area contributed by atoms with Crippen LogP contribution in [0.5, 0.6) is 11.5 Å². The highest BCUT2D eigenvalue weighted by atomic mass is 79.9. The summed E-state index contributed by atoms with van der Waals surface area (Å²) in [4.78, 5) is 0. The van der Waals surface area contributed by atoms with E-state index in [9.17, 15) is 0 Å². The van der Waals surface area contributed by atoms with Crippen LogP contribution in [-0.2, 0) is 0 Å². The Morgan fingerprint density at radius 1 is 1.05 bits per heavy atom. The maximum absolute atomic E-state index is 8.83. The smallest absolute Gasteiger partial charge is 0.173 e. The monoisotopic (exact) mass is 408 g/mol. The van der Waals surface area contributed by atoms with E-state index in [4.69, 9.17) is 50.5 Å². The van der Waals surface area contributed by atoms with E-state index >= 15 is 0 Å². The topological polar surface area (TPSA) is 67.8 Å². The molecule has 8 heteroatoms. The molecule has 0 saturated heterocycles. The van der Waals surface area contributed by atoms with E-state index in [1.807, 2.05) is 0 Å². The van der Waals surface area contributed by atoms with Crippen molar-refractivity contribution in [3.05, 3.63) is 55.4 Å². The standard InChI is InChI=1S/C13H8BrCl3N2O2/c14-6-1-2-11(7(3-6)13(18)19-20)21-12-5-9(16)8(15)4-10(12)17/h1-5,20H,(H2,18,19). The highest BCUT2D eigenvalue weighted by molar-refractivity contribution is 9.10. The largest absolute Gasteiger partial charge is 0.455 e. The maximum atomic E-state index is 8.83. The van der Waals surface area contributed by atoms with Crippen molar-refractivity contribution in [1.29, 1.82) is 0 Å². The van der Waals surface area contributed by atoms with Crippen molar-refractivity contribution in [2.75, 3.05) is 0 Å². The van der Waals surface area contributed by atoms with Crippen LogP contribution in [0.1, 0.15) is 5.56 Å². The Balaban J connectivity index is 2.47. The molecule has 0 spiro atoms. The molecule has 3 N–H and O–H groups in total. The Hall–Kier alpha value is -1.14. The van der Waals surface area contributed by atoms with Crippen LogP contribution in [0, 0.1) is 0 Å². The van der Waals surface area contributed by atoms with E-state index in [-0.39, 0.29) is 10.9 Å². The van der Waals surface area contributed by atoms with Crippen molar-refractivity contribution in [2.24, 2.45) is 10.9 Å². The molecule has 0 amide bonds. The van der Waals surface area contributed by atoms with Gasteiger partial charge in [0, 0.05) is 10.5 Å². The third-order valence-corrected chi connectivity index (χ3v) is 4.03. The molecule has 0 unspecified atom stereocenters. The van der Waals surface area contributed by atoms with Gasteiger partial charge < -0.3 is 15.7 Å². The minimum atomic E-state index is -0.0949. The Morgan fingerprint density at radius 3 is 2.38 bits per heavy atom. The summed E-state index contributed by atoms with van der Waals surface area (Å²) >= 11 is 21.2. The molecular weight excluding hydrogens is 402 g/mol. The maximum Gasteiger partial charge on any atom is 0.173 e. The van der Waals surface area contributed by atoms with Gasteiger partial charge in [0.25, 0.3) is 0 Å². The Labute approximate surface area is 144 Å². The number of amidine groups is 1. The van der Waals surface area contributed by atoms with Crippen molar-refractivity contribution in [3.63, 3.8) is 0 Å². The lowest BCUT2D eigenvalue weighted by molar-refractivity contribution is 0.318. The number of oxime groups is 1. The van der Waals surface area contributed by atoms with Gasteiger partial charge in [-0.15, -0.1) is 0 Å². The first-order valence-electron chi connectivity index (χ1n) is 5.52. The lowest BCUT2D eigenvalue weighted by Gasteiger charge is -2.12. The van der Waals surface area contributed by atoms with E-state index in [2.05, 4.69) is 21.1 Å². The summed E-state index contributed by atoms with van der Waals surface area (Å²) in [6, 6.07) is 8.01. The molecule has 0 aromatic heterocycles. The van der Waals surface area contributed by atoms with Crippen molar-refractivity contribution < 1.29 is 9.94 Å². The second kappa shape index (κ2) is 6.75. The Bertz CT molecular complexity index is 723. The predicted molar refractivity (Wildman–Crippen MR) is 88.2 cm³/mol. The molecule has 4 nitrogen and oxygen atoms in total. The average molecular weight is 410 g/mol. The summed E-state index contributed by atoms with van der Waals surface area (Å²) in [6.07, 6.45) is 0. The second-order valence-corrected chi connectivity index (χ2v) is 6.06. The van der Waals surface area contributed by atoms with E-state index in [1.54, 1.807) is 18.2 Å². The number of nitrogens with two attached hydrogens (primary N) is 1. The normalized spacial score (nSPS) is 11.5. The van der Waals surface area contributed by atoms with Crippen molar-refractivity contribution in [3.8, 4) is 11.5 Å². The van der Waals surface area contributed by atoms with Gasteiger partial charge in [0.2, 0.25) is 0 Å². The molecule has 0 fully saturated rings. The molecular formula is C13H8BrCl3N2O2. The molecule has 21 heavy (non-hydrogen) atoms. The molecule has 2 aromatic carbocycles. The zero-order valence-electron chi connectivity index (χ0n) is 10.3. The lowest BCUT2D eigenvalue weighted by Crippen LogP contribution is -2.14. The van der Waals surface area contributed by atoms with Crippen molar-refractivity contribution in [1.82, 2.24) is 0 Å². The van der Waals surface area contributed by atoms with Gasteiger partial charge in [-0.1, -0.05) is 55.9 Å². The van der Waals surface area contributed by atoms with E-state index in [1.165, 1.54) is 12.1 Å². The van der Waals surface area contributed by atoms with E-state index in [0.29, 0.717) is 27.1 Å². The summed E-state index contributed by atoms with van der Waals surface area (Å²) in [5.41, 5.74) is 6.03. The molecule has 2 aromatic rings. The van der Waals surface area contributed by atoms with Gasteiger partial charge in [-0.05, 0) is 24.3 Å². The quantitative estimate of drug-likeness (QED) is 0.237. The minimum Gasteiger partial charge on any atom is -0.455 e. The SMILES string of the molecule is N/C(=N/O)c1cc(Br)ccc1Oc1cc(Cl)c(Cl)cc1Cl. The minimum absolute atomic E-state index is 0.0949. The zero-order chi connectivity index (χ0) is 15.6. The van der Waals surface area contributed by atoms with Crippen LogP contribution in [0.15, 0.2) is 40.0 Å². The van der Waals surface area contributed by atoms with E-state index in [0.717, 1.165) is 4.47 Å². The van der Waals surface area contributed by atoms with Gasteiger partial charge in [0.05, 0.1) is 20.6 Å². The van der Waals surface area contributed by atoms with Gasteiger partial charge in [0.15, 0.2) is 5.84 Å². The first kappa shape index (κ1) is 16.2. The number of hydrogen-bond donors (Lipinski definition) is 2. The summed E-state index contributed by atoms with van der Waals surface area (Å²) in [7, 11) is 0. The van der Waals surface area contributed by atoms with Gasteiger partial charge in [-0.3, -0.25) is 0 Å². The van der Waals surface area contributed by atoms with Gasteiger partial charge in [-0.25, -0.2) is 0 Å². The molecule has 0 heterocycles. The fraction of sp³-hybridized carbons (Fsp3) is 0. The average Bonchev–Trinajstić information content (AvgIpc) is 2.45. The number of hydrogen-bond acceptors (Lipinski definition) is 3. The molecule has 0 aliphatic heterocycles. The zero-order valence-corrected chi connectivity index (χ0v) is 14.1. The summed E-state index contributed by atoms with van der Waals surface area (Å²) in [5.74, 6) is 0.566. The highest BCUT2D eigenvalue weighted by Crippen LogP contribution is 2.37. The van der Waals surface area contributed by atoms with Gasteiger partial charge >= 0.3 is 0 Å². The van der Waals surface area contributed by atoms with Crippen molar-refractivity contribution in [2.45, 2.75) is 0 Å². The van der Waals surface area contributed by atoms with Crippen LogP contribution < -0.4 is 10.5 Å². The third kappa shape index (κ3) is 3.74. The number of rotatable bonds is 3. The van der Waals surface area contributed by atoms with Crippen LogP contribution in [0.2, 0.25) is 15.1 Å². The predicted octanol–water partition coefficient (Wildman–Crippen LogP) is 5.30. The Morgan fingerprint density at radius 2 is 1.71 bits per heavy atom.